The predicted octanol–water partition coefficient (Wildman–Crippen LogP) is 5.24. The largest absolute Gasteiger partial charge is 0.304 e. The van der Waals surface area contributed by atoms with E-state index in [1.165, 1.54) is 22.5 Å². The van der Waals surface area contributed by atoms with Gasteiger partial charge in [-0.1, -0.05) is 103 Å². The van der Waals surface area contributed by atoms with Gasteiger partial charge in [-0.25, -0.2) is 0 Å². The molecule has 1 spiro atoms. The molecule has 0 bridgehead atoms. The fourth-order valence-corrected chi connectivity index (χ4v) is 5.62. The highest BCUT2D eigenvalue weighted by molar-refractivity contribution is 8.16. The summed E-state index contributed by atoms with van der Waals surface area (Å²) in [4.78, 5) is 14.8. The monoisotopic (exact) mass is 421 g/mol. The second-order valence-electron chi connectivity index (χ2n) is 7.72. The minimum Gasteiger partial charge on any atom is -0.304 e. The van der Waals surface area contributed by atoms with Crippen LogP contribution in [0.25, 0.3) is 10.8 Å². The number of rotatable bonds is 3. The van der Waals surface area contributed by atoms with Crippen LogP contribution in [0.15, 0.2) is 102 Å². The van der Waals surface area contributed by atoms with E-state index in [2.05, 4.69) is 40.9 Å². The molecule has 0 aromatic heterocycles. The lowest BCUT2D eigenvalue weighted by Crippen LogP contribution is -2.44. The third-order valence-electron chi connectivity index (χ3n) is 5.91. The number of anilines is 1. The minimum absolute atomic E-state index is 0.0151. The Balaban J connectivity index is 1.40. The zero-order valence-electron chi connectivity index (χ0n) is 16.7. The summed E-state index contributed by atoms with van der Waals surface area (Å²) >= 11 is 1.49. The Bertz CT molecular complexity index is 1350. The van der Waals surface area contributed by atoms with E-state index < -0.39 is 4.87 Å². The van der Waals surface area contributed by atoms with Crippen LogP contribution in [0.5, 0.6) is 0 Å². The highest BCUT2D eigenvalue weighted by Crippen LogP contribution is 2.51. The maximum Gasteiger partial charge on any atom is 0.270 e. The fraction of sp³-hybridized carbons (Fsp3) is 0.0769. The summed E-state index contributed by atoms with van der Waals surface area (Å²) in [6, 6.07) is 32.6. The van der Waals surface area contributed by atoms with Crippen molar-refractivity contribution < 1.29 is 4.79 Å². The van der Waals surface area contributed by atoms with Gasteiger partial charge in [-0.3, -0.25) is 10.2 Å². The first-order valence-electron chi connectivity index (χ1n) is 10.2. The van der Waals surface area contributed by atoms with E-state index in [9.17, 15) is 4.79 Å². The number of hydrazone groups is 1. The van der Waals surface area contributed by atoms with Crippen LogP contribution in [0.4, 0.5) is 5.69 Å². The van der Waals surface area contributed by atoms with E-state index in [4.69, 9.17) is 0 Å². The molecule has 2 heterocycles. The SMILES string of the molecule is O=C1N(Cc2cccc3ccccc23)c2ccccc2[C@@]12NN=C(c1ccccc1)S2. The molecule has 4 aromatic carbocycles. The van der Waals surface area contributed by atoms with Gasteiger partial charge in [0.05, 0.1) is 12.2 Å². The number of para-hydroxylation sites is 1. The van der Waals surface area contributed by atoms with Crippen LogP contribution in [-0.4, -0.2) is 11.0 Å². The van der Waals surface area contributed by atoms with E-state index in [0.29, 0.717) is 6.54 Å². The van der Waals surface area contributed by atoms with E-state index in [0.717, 1.165) is 27.4 Å². The van der Waals surface area contributed by atoms with E-state index in [1.54, 1.807) is 0 Å². The van der Waals surface area contributed by atoms with Gasteiger partial charge < -0.3 is 4.90 Å². The first-order chi connectivity index (χ1) is 15.3. The Morgan fingerprint density at radius 1 is 0.839 bits per heavy atom. The highest BCUT2D eigenvalue weighted by Gasteiger charge is 2.55. The summed E-state index contributed by atoms with van der Waals surface area (Å²) in [7, 11) is 0. The summed E-state index contributed by atoms with van der Waals surface area (Å²) in [6.07, 6.45) is 0. The molecule has 2 aliphatic rings. The Labute approximate surface area is 184 Å². The van der Waals surface area contributed by atoms with Gasteiger partial charge in [-0.15, -0.1) is 0 Å². The van der Waals surface area contributed by atoms with Gasteiger partial charge in [0, 0.05) is 11.1 Å². The summed E-state index contributed by atoms with van der Waals surface area (Å²) < 4.78 is 0. The predicted molar refractivity (Wildman–Crippen MR) is 127 cm³/mol. The number of carbonyl (C=O) groups is 1. The second kappa shape index (κ2) is 7.00. The van der Waals surface area contributed by atoms with Gasteiger partial charge in [0.25, 0.3) is 5.91 Å². The Morgan fingerprint density at radius 3 is 2.48 bits per heavy atom. The van der Waals surface area contributed by atoms with Gasteiger partial charge in [-0.05, 0) is 22.4 Å². The van der Waals surface area contributed by atoms with Gasteiger partial charge in [0.15, 0.2) is 0 Å². The van der Waals surface area contributed by atoms with Crippen molar-refractivity contribution in [2.75, 3.05) is 4.90 Å². The summed E-state index contributed by atoms with van der Waals surface area (Å²) in [5, 5.41) is 7.74. The maximum absolute atomic E-state index is 13.9. The quantitative estimate of drug-likeness (QED) is 0.492. The first-order valence-corrected chi connectivity index (χ1v) is 11.1. The molecule has 4 nitrogen and oxygen atoms in total. The fourth-order valence-electron chi connectivity index (χ4n) is 4.41. The van der Waals surface area contributed by atoms with E-state index in [1.807, 2.05) is 71.6 Å². The topological polar surface area (TPSA) is 44.7 Å². The number of fused-ring (bicyclic) bond motifs is 3. The number of thioether (sulfide) groups is 1. The number of benzene rings is 4. The molecule has 0 fully saturated rings. The van der Waals surface area contributed by atoms with Crippen molar-refractivity contribution in [3.8, 4) is 0 Å². The zero-order chi connectivity index (χ0) is 20.8. The van der Waals surface area contributed by atoms with Gasteiger partial charge in [0.2, 0.25) is 4.87 Å². The zero-order valence-corrected chi connectivity index (χ0v) is 17.5. The van der Waals surface area contributed by atoms with Crippen LogP contribution in [0.1, 0.15) is 16.7 Å². The highest BCUT2D eigenvalue weighted by atomic mass is 32.2. The summed E-state index contributed by atoms with van der Waals surface area (Å²) in [5.41, 5.74) is 7.23. The van der Waals surface area contributed by atoms with Crippen LogP contribution in [0, 0.1) is 0 Å². The number of nitrogens with one attached hydrogen (secondary N) is 1. The lowest BCUT2D eigenvalue weighted by atomic mass is 10.0. The van der Waals surface area contributed by atoms with Crippen molar-refractivity contribution >= 4 is 39.2 Å². The Kier molecular flexibility index (Phi) is 4.11. The van der Waals surface area contributed by atoms with E-state index in [-0.39, 0.29) is 5.91 Å². The molecule has 0 saturated carbocycles. The van der Waals surface area contributed by atoms with Crippen LogP contribution >= 0.6 is 11.8 Å². The summed E-state index contributed by atoms with van der Waals surface area (Å²) in [5.74, 6) is 0.0151. The van der Waals surface area contributed by atoms with Crippen molar-refractivity contribution in [1.82, 2.24) is 5.43 Å². The molecule has 2 aliphatic heterocycles. The van der Waals surface area contributed by atoms with Crippen LogP contribution in [-0.2, 0) is 16.2 Å². The number of hydrogen-bond donors (Lipinski definition) is 1. The first kappa shape index (κ1) is 18.2. The molecule has 4 aromatic rings. The smallest absolute Gasteiger partial charge is 0.270 e. The maximum atomic E-state index is 13.9. The minimum atomic E-state index is -0.924. The average molecular weight is 422 g/mol. The van der Waals surface area contributed by atoms with Crippen LogP contribution in [0.3, 0.4) is 0 Å². The molecule has 0 aliphatic carbocycles. The van der Waals surface area contributed by atoms with Crippen LogP contribution < -0.4 is 10.3 Å². The molecule has 0 saturated heterocycles. The second-order valence-corrected chi connectivity index (χ2v) is 8.93. The molecule has 150 valence electrons. The molecule has 0 unspecified atom stereocenters. The van der Waals surface area contributed by atoms with Crippen molar-refractivity contribution in [1.29, 1.82) is 0 Å². The molecular weight excluding hydrogens is 402 g/mol. The third-order valence-corrected chi connectivity index (χ3v) is 7.23. The number of hydrogen-bond acceptors (Lipinski definition) is 4. The van der Waals surface area contributed by atoms with E-state index >= 15 is 0 Å². The number of nitrogens with zero attached hydrogens (tertiary/aromatic N) is 2. The van der Waals surface area contributed by atoms with Crippen molar-refractivity contribution in [3.63, 3.8) is 0 Å². The van der Waals surface area contributed by atoms with Gasteiger partial charge in [-0.2, -0.15) is 5.10 Å². The van der Waals surface area contributed by atoms with Gasteiger partial charge >= 0.3 is 0 Å². The Morgan fingerprint density at radius 2 is 1.58 bits per heavy atom. The molecule has 6 rings (SSSR count). The molecule has 0 radical (unpaired) electrons. The lowest BCUT2D eigenvalue weighted by molar-refractivity contribution is -0.121. The lowest BCUT2D eigenvalue weighted by Gasteiger charge is -2.23. The normalized spacial score (nSPS) is 19.5. The average Bonchev–Trinajstić information content (AvgIpc) is 3.37. The van der Waals surface area contributed by atoms with Crippen molar-refractivity contribution in [2.45, 2.75) is 11.4 Å². The molecule has 1 atom stereocenters. The Hall–Kier alpha value is -3.57. The number of carbonyl (C=O) groups excluding carboxylic acids is 1. The molecule has 31 heavy (non-hydrogen) atoms. The molecular formula is C26H19N3OS. The van der Waals surface area contributed by atoms with Crippen molar-refractivity contribution in [2.24, 2.45) is 5.10 Å². The number of amides is 1. The van der Waals surface area contributed by atoms with Crippen LogP contribution in [0.2, 0.25) is 0 Å². The molecule has 5 heteroatoms. The molecule has 1 amide bonds. The van der Waals surface area contributed by atoms with Gasteiger partial charge in [0.1, 0.15) is 5.04 Å². The van der Waals surface area contributed by atoms with Crippen molar-refractivity contribution in [3.05, 3.63) is 114 Å². The molecule has 1 N–H and O–H groups in total. The summed E-state index contributed by atoms with van der Waals surface area (Å²) in [6.45, 7) is 0.516. The third kappa shape index (κ3) is 2.77. The standard InChI is InChI=1S/C26H19N3OS/c30-25-26(28-27-24(31-26)19-10-2-1-3-11-19)22-15-6-7-16-23(22)29(25)17-20-13-8-12-18-9-4-5-14-21(18)20/h1-16,28H,17H2/t26-/m0/s1.